The van der Waals surface area contributed by atoms with Crippen molar-refractivity contribution in [3.8, 4) is 0 Å². The predicted molar refractivity (Wildman–Crippen MR) is 97.0 cm³/mol. The van der Waals surface area contributed by atoms with Crippen LogP contribution in [0, 0.1) is 19.8 Å². The molecule has 1 aromatic heterocycles. The fraction of sp³-hybridized carbons (Fsp3) is 0.722. The summed E-state index contributed by atoms with van der Waals surface area (Å²) in [6, 6.07) is 1.98. The minimum absolute atomic E-state index is 0.121. The van der Waals surface area contributed by atoms with Crippen LogP contribution in [-0.4, -0.2) is 42.1 Å². The molecule has 1 aliphatic rings. The van der Waals surface area contributed by atoms with Gasteiger partial charge in [0.25, 0.3) is 0 Å². The second kappa shape index (κ2) is 9.57. The van der Waals surface area contributed by atoms with Gasteiger partial charge in [-0.05, 0) is 52.1 Å². The molecule has 1 aliphatic heterocycles. The zero-order valence-corrected chi connectivity index (χ0v) is 15.1. The van der Waals surface area contributed by atoms with Gasteiger partial charge in [0.1, 0.15) is 0 Å². The third-order valence-electron chi connectivity index (χ3n) is 4.55. The van der Waals surface area contributed by atoms with Crippen molar-refractivity contribution < 1.29 is 4.79 Å². The molecule has 6 nitrogen and oxygen atoms in total. The fourth-order valence-electron chi connectivity index (χ4n) is 3.17. The average molecular weight is 333 g/mol. The number of aryl methyl sites for hydroxylation is 2. The van der Waals surface area contributed by atoms with Crippen LogP contribution >= 0.6 is 0 Å². The molecule has 0 bridgehead atoms. The molecule has 1 fully saturated rings. The fourth-order valence-corrected chi connectivity index (χ4v) is 3.17. The van der Waals surface area contributed by atoms with Gasteiger partial charge in [0.15, 0.2) is 0 Å². The van der Waals surface area contributed by atoms with Gasteiger partial charge >= 0.3 is 0 Å². The van der Waals surface area contributed by atoms with Crippen LogP contribution in [0.15, 0.2) is 6.07 Å². The summed E-state index contributed by atoms with van der Waals surface area (Å²) >= 11 is 0. The molecule has 0 radical (unpaired) electrons. The third kappa shape index (κ3) is 5.74. The molecule has 0 spiro atoms. The molecular formula is C18H31N5O. The number of unbranched alkanes of at least 4 members (excludes halogenated alkanes) is 3. The van der Waals surface area contributed by atoms with Gasteiger partial charge in [-0.1, -0.05) is 12.8 Å². The van der Waals surface area contributed by atoms with E-state index in [0.717, 1.165) is 82.0 Å². The molecule has 0 atom stereocenters. The molecule has 1 aromatic rings. The quantitative estimate of drug-likeness (QED) is 0.710. The normalized spacial score (nSPS) is 15.5. The van der Waals surface area contributed by atoms with Gasteiger partial charge in [-0.3, -0.25) is 4.79 Å². The van der Waals surface area contributed by atoms with E-state index in [9.17, 15) is 4.79 Å². The molecule has 1 amide bonds. The van der Waals surface area contributed by atoms with Crippen LogP contribution in [-0.2, 0) is 4.79 Å². The molecule has 2 heterocycles. The maximum atomic E-state index is 12.3. The first kappa shape index (κ1) is 18.6. The summed E-state index contributed by atoms with van der Waals surface area (Å²) in [5, 5.41) is 3.08. The molecule has 3 N–H and O–H groups in total. The highest BCUT2D eigenvalue weighted by Gasteiger charge is 2.26. The van der Waals surface area contributed by atoms with Crippen molar-refractivity contribution in [1.82, 2.24) is 15.3 Å². The highest BCUT2D eigenvalue weighted by molar-refractivity contribution is 5.78. The number of carbonyl (C=O) groups is 1. The van der Waals surface area contributed by atoms with Crippen molar-refractivity contribution in [1.29, 1.82) is 0 Å². The topological polar surface area (TPSA) is 84.1 Å². The predicted octanol–water partition coefficient (Wildman–Crippen LogP) is 1.95. The molecule has 24 heavy (non-hydrogen) atoms. The van der Waals surface area contributed by atoms with E-state index in [0.29, 0.717) is 0 Å². The number of nitrogens with zero attached hydrogens (tertiary/aromatic N) is 3. The van der Waals surface area contributed by atoms with Gasteiger partial charge in [-0.2, -0.15) is 0 Å². The summed E-state index contributed by atoms with van der Waals surface area (Å²) in [6.07, 6.45) is 6.15. The highest BCUT2D eigenvalue weighted by atomic mass is 16.1. The lowest BCUT2D eigenvalue weighted by Crippen LogP contribution is -2.41. The summed E-state index contributed by atoms with van der Waals surface area (Å²) in [5.41, 5.74) is 7.46. The zero-order valence-electron chi connectivity index (χ0n) is 15.1. The number of hydrogen-bond acceptors (Lipinski definition) is 5. The number of rotatable bonds is 8. The minimum Gasteiger partial charge on any atom is -0.356 e. The first-order valence-electron chi connectivity index (χ1n) is 9.15. The molecule has 0 saturated carbocycles. The first-order chi connectivity index (χ1) is 11.6. The molecule has 134 valence electrons. The summed E-state index contributed by atoms with van der Waals surface area (Å²) in [7, 11) is 0. The van der Waals surface area contributed by atoms with Crippen LogP contribution in [0.2, 0.25) is 0 Å². The van der Waals surface area contributed by atoms with Gasteiger partial charge in [0, 0.05) is 36.9 Å². The van der Waals surface area contributed by atoms with Crippen molar-refractivity contribution >= 4 is 11.9 Å². The molecule has 0 aliphatic carbocycles. The summed E-state index contributed by atoms with van der Waals surface area (Å²) in [6.45, 7) is 7.21. The van der Waals surface area contributed by atoms with Crippen molar-refractivity contribution in [2.75, 3.05) is 31.1 Å². The van der Waals surface area contributed by atoms with Crippen molar-refractivity contribution in [2.24, 2.45) is 11.7 Å². The minimum atomic E-state index is 0.121. The van der Waals surface area contributed by atoms with E-state index in [1.54, 1.807) is 0 Å². The van der Waals surface area contributed by atoms with Gasteiger partial charge < -0.3 is 16.0 Å². The number of amides is 1. The Balaban J connectivity index is 1.71. The van der Waals surface area contributed by atoms with E-state index in [1.165, 1.54) is 0 Å². The van der Waals surface area contributed by atoms with Crippen molar-refractivity contribution in [2.45, 2.75) is 52.4 Å². The lowest BCUT2D eigenvalue weighted by molar-refractivity contribution is -0.125. The lowest BCUT2D eigenvalue weighted by Gasteiger charge is -2.31. The SMILES string of the molecule is Cc1cc(C)nc(N2CCC(C(=O)NCCCCCCN)CC2)n1. The van der Waals surface area contributed by atoms with E-state index < -0.39 is 0 Å². The van der Waals surface area contributed by atoms with Gasteiger partial charge in [-0.25, -0.2) is 9.97 Å². The summed E-state index contributed by atoms with van der Waals surface area (Å²) in [4.78, 5) is 23.5. The zero-order chi connectivity index (χ0) is 17.4. The van der Waals surface area contributed by atoms with Gasteiger partial charge in [-0.15, -0.1) is 0 Å². The van der Waals surface area contributed by atoms with E-state index in [-0.39, 0.29) is 11.8 Å². The van der Waals surface area contributed by atoms with E-state index in [2.05, 4.69) is 20.2 Å². The number of nitrogens with two attached hydrogens (primary N) is 1. The lowest BCUT2D eigenvalue weighted by atomic mass is 9.96. The average Bonchev–Trinajstić information content (AvgIpc) is 2.57. The number of anilines is 1. The summed E-state index contributed by atoms with van der Waals surface area (Å²) in [5.74, 6) is 1.12. The Kier molecular flexibility index (Phi) is 7.43. The number of aromatic nitrogens is 2. The van der Waals surface area contributed by atoms with Crippen LogP contribution < -0.4 is 16.0 Å². The first-order valence-corrected chi connectivity index (χ1v) is 9.15. The maximum absolute atomic E-state index is 12.3. The highest BCUT2D eigenvalue weighted by Crippen LogP contribution is 2.21. The standard InChI is InChI=1S/C18H31N5O/c1-14-13-15(2)22-18(21-14)23-11-7-16(8-12-23)17(24)20-10-6-4-3-5-9-19/h13,16H,3-12,19H2,1-2H3,(H,20,24). The molecule has 2 rings (SSSR count). The molecule has 1 saturated heterocycles. The van der Waals surface area contributed by atoms with Crippen molar-refractivity contribution in [3.63, 3.8) is 0 Å². The number of hydrogen-bond donors (Lipinski definition) is 2. The third-order valence-corrected chi connectivity index (χ3v) is 4.55. The Morgan fingerprint density at radius 1 is 1.17 bits per heavy atom. The van der Waals surface area contributed by atoms with Gasteiger partial charge in [0.05, 0.1) is 0 Å². The molecule has 6 heteroatoms. The second-order valence-electron chi connectivity index (χ2n) is 6.71. The number of carbonyl (C=O) groups excluding carboxylic acids is 1. The number of piperidine rings is 1. The monoisotopic (exact) mass is 333 g/mol. The Hall–Kier alpha value is -1.69. The van der Waals surface area contributed by atoms with Crippen LogP contribution in [0.5, 0.6) is 0 Å². The van der Waals surface area contributed by atoms with E-state index >= 15 is 0 Å². The van der Waals surface area contributed by atoms with Crippen LogP contribution in [0.25, 0.3) is 0 Å². The summed E-state index contributed by atoms with van der Waals surface area (Å²) < 4.78 is 0. The number of nitrogens with one attached hydrogen (secondary N) is 1. The van der Waals surface area contributed by atoms with Crippen LogP contribution in [0.4, 0.5) is 5.95 Å². The van der Waals surface area contributed by atoms with E-state index in [1.807, 2.05) is 19.9 Å². The van der Waals surface area contributed by atoms with Gasteiger partial charge in [0.2, 0.25) is 11.9 Å². The largest absolute Gasteiger partial charge is 0.356 e. The molecular weight excluding hydrogens is 302 g/mol. The smallest absolute Gasteiger partial charge is 0.225 e. The Morgan fingerprint density at radius 2 is 1.79 bits per heavy atom. The Labute approximate surface area is 145 Å². The molecule has 0 aromatic carbocycles. The second-order valence-corrected chi connectivity index (χ2v) is 6.71. The Morgan fingerprint density at radius 3 is 2.42 bits per heavy atom. The van der Waals surface area contributed by atoms with Crippen LogP contribution in [0.1, 0.15) is 49.9 Å². The molecule has 0 unspecified atom stereocenters. The maximum Gasteiger partial charge on any atom is 0.225 e. The van der Waals surface area contributed by atoms with Crippen molar-refractivity contribution in [3.05, 3.63) is 17.5 Å². The van der Waals surface area contributed by atoms with E-state index in [4.69, 9.17) is 5.73 Å². The van der Waals surface area contributed by atoms with Crippen LogP contribution in [0.3, 0.4) is 0 Å². The Bertz CT molecular complexity index is 506.